The maximum absolute atomic E-state index is 13.6. The molecule has 0 unspecified atom stereocenters. The second-order valence-electron chi connectivity index (χ2n) is 8.48. The number of rotatable bonds is 8. The quantitative estimate of drug-likeness (QED) is 0.288. The molecule has 0 saturated heterocycles. The van der Waals surface area contributed by atoms with Crippen LogP contribution in [-0.4, -0.2) is 53.4 Å². The van der Waals surface area contributed by atoms with E-state index in [2.05, 4.69) is 20.8 Å². The van der Waals surface area contributed by atoms with E-state index in [-0.39, 0.29) is 11.3 Å². The van der Waals surface area contributed by atoms with Gasteiger partial charge < -0.3 is 20.6 Å². The molecule has 36 heavy (non-hydrogen) atoms. The molecule has 0 spiro atoms. The minimum absolute atomic E-state index is 0.147. The third-order valence-electron chi connectivity index (χ3n) is 5.50. The van der Waals surface area contributed by atoms with E-state index in [1.807, 2.05) is 31.1 Å². The molecular weight excluding hydrogens is 471 g/mol. The highest BCUT2D eigenvalue weighted by molar-refractivity contribution is 6.01. The van der Waals surface area contributed by atoms with Crippen molar-refractivity contribution in [2.45, 2.75) is 6.18 Å². The number of carboxylic acids is 1. The molecular formula is C26H24F3N5O2. The molecule has 0 aliphatic carbocycles. The summed E-state index contributed by atoms with van der Waals surface area (Å²) in [7, 11) is 3.77. The maximum atomic E-state index is 13.6. The molecule has 1 heterocycles. The minimum atomic E-state index is -4.52. The monoisotopic (exact) mass is 495 g/mol. The maximum Gasteiger partial charge on any atom is 0.416 e. The highest BCUT2D eigenvalue weighted by Gasteiger charge is 2.31. The molecule has 10 heteroatoms. The number of aromatic nitrogens is 2. The number of aromatic carboxylic acids is 1. The van der Waals surface area contributed by atoms with Gasteiger partial charge in [0.05, 0.1) is 11.1 Å². The summed E-state index contributed by atoms with van der Waals surface area (Å²) in [6.07, 6.45) is -4.52. The fraction of sp³-hybridized carbons (Fsp3) is 0.192. The second-order valence-corrected chi connectivity index (χ2v) is 8.48. The van der Waals surface area contributed by atoms with Crippen LogP contribution in [0.5, 0.6) is 0 Å². The number of likely N-dealkylation sites (N-methyl/N-ethyl adjacent to an activating group) is 1. The van der Waals surface area contributed by atoms with Crippen LogP contribution in [0.1, 0.15) is 15.9 Å². The van der Waals surface area contributed by atoms with Crippen LogP contribution in [0.4, 0.5) is 30.4 Å². The van der Waals surface area contributed by atoms with Gasteiger partial charge in [-0.1, -0.05) is 36.4 Å². The molecule has 0 aliphatic rings. The topological polar surface area (TPSA) is 90.4 Å². The molecule has 0 bridgehead atoms. The molecule has 7 nitrogen and oxygen atoms in total. The van der Waals surface area contributed by atoms with Gasteiger partial charge in [0.25, 0.3) is 0 Å². The van der Waals surface area contributed by atoms with Crippen LogP contribution in [0.15, 0.2) is 66.7 Å². The zero-order valence-electron chi connectivity index (χ0n) is 19.6. The van der Waals surface area contributed by atoms with E-state index in [4.69, 9.17) is 5.11 Å². The van der Waals surface area contributed by atoms with Crippen molar-refractivity contribution in [3.05, 3.63) is 77.9 Å². The number of hydrogen-bond acceptors (Lipinski definition) is 6. The van der Waals surface area contributed by atoms with E-state index < -0.39 is 17.7 Å². The summed E-state index contributed by atoms with van der Waals surface area (Å²) in [6, 6.07) is 17.2. The molecule has 4 rings (SSSR count). The number of carbonyl (C=O) groups is 1. The van der Waals surface area contributed by atoms with Gasteiger partial charge in [0.1, 0.15) is 5.69 Å². The first-order chi connectivity index (χ1) is 17.1. The molecule has 0 aliphatic heterocycles. The number of fused-ring (bicyclic) bond motifs is 1. The van der Waals surface area contributed by atoms with Crippen LogP contribution < -0.4 is 10.6 Å². The summed E-state index contributed by atoms with van der Waals surface area (Å²) >= 11 is 0. The average Bonchev–Trinajstić information content (AvgIpc) is 2.83. The van der Waals surface area contributed by atoms with Gasteiger partial charge in [-0.3, -0.25) is 0 Å². The van der Waals surface area contributed by atoms with Gasteiger partial charge in [-0.05, 0) is 44.4 Å². The standard InChI is InChI=1S/C26H24F3N5O2/c1-34(2)12-11-30-19-13-18(26(27,28)29)14-20(15-19)31-24-22-6-4-3-5-21(22)23(32-33-24)16-7-9-17(10-8-16)25(35)36/h3-10,13-15,30H,11-12H2,1-2H3,(H,31,33)(H,35,36). The Kier molecular flexibility index (Phi) is 7.07. The van der Waals surface area contributed by atoms with Crippen molar-refractivity contribution in [1.82, 2.24) is 15.1 Å². The zero-order chi connectivity index (χ0) is 25.9. The SMILES string of the molecule is CN(C)CCNc1cc(Nc2nnc(-c3ccc(C(=O)O)cc3)c3ccccc23)cc(C(F)(F)F)c1. The van der Waals surface area contributed by atoms with Crippen molar-refractivity contribution in [1.29, 1.82) is 0 Å². The molecule has 0 radical (unpaired) electrons. The molecule has 186 valence electrons. The van der Waals surface area contributed by atoms with Crippen LogP contribution in [0.25, 0.3) is 22.0 Å². The lowest BCUT2D eigenvalue weighted by Crippen LogP contribution is -2.21. The smallest absolute Gasteiger partial charge is 0.416 e. The Morgan fingerprint density at radius 1 is 0.944 bits per heavy atom. The summed E-state index contributed by atoms with van der Waals surface area (Å²) in [4.78, 5) is 13.1. The van der Waals surface area contributed by atoms with E-state index >= 15 is 0 Å². The molecule has 1 aromatic heterocycles. The van der Waals surface area contributed by atoms with Crippen LogP contribution >= 0.6 is 0 Å². The second kappa shape index (κ2) is 10.2. The van der Waals surface area contributed by atoms with Gasteiger partial charge in [0.15, 0.2) is 5.82 Å². The van der Waals surface area contributed by atoms with Gasteiger partial charge in [-0.25, -0.2) is 4.79 Å². The number of carboxylic acid groups (broad SMARTS) is 1. The number of anilines is 3. The lowest BCUT2D eigenvalue weighted by molar-refractivity contribution is -0.137. The molecule has 3 aromatic carbocycles. The lowest BCUT2D eigenvalue weighted by Gasteiger charge is -2.16. The molecule has 0 saturated carbocycles. The number of halogens is 3. The van der Waals surface area contributed by atoms with Crippen molar-refractivity contribution >= 4 is 33.9 Å². The van der Waals surface area contributed by atoms with Crippen molar-refractivity contribution in [2.75, 3.05) is 37.8 Å². The summed E-state index contributed by atoms with van der Waals surface area (Å²) in [5, 5.41) is 25.1. The Balaban J connectivity index is 1.71. The van der Waals surface area contributed by atoms with Gasteiger partial charge >= 0.3 is 12.1 Å². The third-order valence-corrected chi connectivity index (χ3v) is 5.50. The predicted molar refractivity (Wildman–Crippen MR) is 134 cm³/mol. The van der Waals surface area contributed by atoms with Crippen molar-refractivity contribution in [2.24, 2.45) is 0 Å². The van der Waals surface area contributed by atoms with Crippen LogP contribution in [0.2, 0.25) is 0 Å². The minimum Gasteiger partial charge on any atom is -0.478 e. The number of nitrogens with zero attached hydrogens (tertiary/aromatic N) is 3. The molecule has 3 N–H and O–H groups in total. The number of hydrogen-bond donors (Lipinski definition) is 3. The van der Waals surface area contributed by atoms with Gasteiger partial charge in [-0.15, -0.1) is 10.2 Å². The molecule has 0 fully saturated rings. The van der Waals surface area contributed by atoms with Gasteiger partial charge in [-0.2, -0.15) is 13.2 Å². The Morgan fingerprint density at radius 3 is 2.25 bits per heavy atom. The Bertz CT molecular complexity index is 1390. The van der Waals surface area contributed by atoms with E-state index in [9.17, 15) is 18.0 Å². The molecule has 4 aromatic rings. The Labute approximate surface area is 205 Å². The normalized spacial score (nSPS) is 11.6. The summed E-state index contributed by atoms with van der Waals surface area (Å²) in [5.74, 6) is -0.733. The van der Waals surface area contributed by atoms with Crippen LogP contribution in [-0.2, 0) is 6.18 Å². The van der Waals surface area contributed by atoms with E-state index in [0.29, 0.717) is 41.2 Å². The van der Waals surface area contributed by atoms with E-state index in [1.165, 1.54) is 12.1 Å². The first-order valence-corrected chi connectivity index (χ1v) is 11.1. The van der Waals surface area contributed by atoms with Gasteiger partial charge in [0, 0.05) is 40.8 Å². The predicted octanol–water partition coefficient (Wildman–Crippen LogP) is 5.73. The summed E-state index contributed by atoms with van der Waals surface area (Å²) < 4.78 is 40.7. The summed E-state index contributed by atoms with van der Waals surface area (Å²) in [5.41, 5.74) is 1.11. The van der Waals surface area contributed by atoms with Crippen LogP contribution in [0.3, 0.4) is 0 Å². The van der Waals surface area contributed by atoms with Crippen molar-refractivity contribution in [3.8, 4) is 11.3 Å². The Morgan fingerprint density at radius 2 is 1.61 bits per heavy atom. The Hall–Kier alpha value is -4.18. The molecule has 0 amide bonds. The number of alkyl halides is 3. The fourth-order valence-electron chi connectivity index (χ4n) is 3.71. The first-order valence-electron chi connectivity index (χ1n) is 11.1. The third kappa shape index (κ3) is 5.72. The number of nitrogens with one attached hydrogen (secondary N) is 2. The fourth-order valence-corrected chi connectivity index (χ4v) is 3.71. The van der Waals surface area contributed by atoms with Crippen LogP contribution in [0, 0.1) is 0 Å². The molecule has 0 atom stereocenters. The zero-order valence-corrected chi connectivity index (χ0v) is 19.6. The largest absolute Gasteiger partial charge is 0.478 e. The average molecular weight is 496 g/mol. The number of benzene rings is 3. The van der Waals surface area contributed by atoms with E-state index in [1.54, 1.807) is 30.3 Å². The lowest BCUT2D eigenvalue weighted by atomic mass is 10.0. The van der Waals surface area contributed by atoms with Gasteiger partial charge in [0.2, 0.25) is 0 Å². The van der Waals surface area contributed by atoms with E-state index in [0.717, 1.165) is 17.5 Å². The van der Waals surface area contributed by atoms with Crippen molar-refractivity contribution < 1.29 is 23.1 Å². The highest BCUT2D eigenvalue weighted by Crippen LogP contribution is 2.36. The highest BCUT2D eigenvalue weighted by atomic mass is 19.4. The summed E-state index contributed by atoms with van der Waals surface area (Å²) in [6.45, 7) is 1.13. The first kappa shape index (κ1) is 24.9. The van der Waals surface area contributed by atoms with Crippen molar-refractivity contribution in [3.63, 3.8) is 0 Å².